The second-order valence-electron chi connectivity index (χ2n) is 3.22. The van der Waals surface area contributed by atoms with Crippen LogP contribution in [0, 0.1) is 6.92 Å². The van der Waals surface area contributed by atoms with E-state index in [1.165, 1.54) is 0 Å². The number of nitrogens with zero attached hydrogens (tertiary/aromatic N) is 2. The fraction of sp³-hybridized carbons (Fsp3) is 0.182. The zero-order valence-electron chi connectivity index (χ0n) is 8.57. The van der Waals surface area contributed by atoms with Gasteiger partial charge in [-0.1, -0.05) is 15.9 Å². The van der Waals surface area contributed by atoms with E-state index >= 15 is 0 Å². The Labute approximate surface area is 96.8 Å². The highest BCUT2D eigenvalue weighted by atomic mass is 79.9. The van der Waals surface area contributed by atoms with Crippen molar-refractivity contribution in [2.24, 2.45) is 0 Å². The average Bonchev–Trinajstić information content (AvgIpc) is 2.64. The summed E-state index contributed by atoms with van der Waals surface area (Å²) in [5.41, 5.74) is 1.92. The summed E-state index contributed by atoms with van der Waals surface area (Å²) >= 11 is 3.41. The third-order valence-corrected chi connectivity index (χ3v) is 2.60. The number of ether oxygens (including phenoxy) is 1. The van der Waals surface area contributed by atoms with Gasteiger partial charge in [-0.2, -0.15) is 5.10 Å². The van der Waals surface area contributed by atoms with Gasteiger partial charge in [-0.05, 0) is 31.2 Å². The normalized spacial score (nSPS) is 10.3. The van der Waals surface area contributed by atoms with Crippen LogP contribution in [-0.2, 0) is 0 Å². The fourth-order valence-electron chi connectivity index (χ4n) is 1.39. The monoisotopic (exact) mass is 266 g/mol. The Bertz CT molecular complexity index is 479. The molecule has 0 aliphatic rings. The molecule has 1 heterocycles. The summed E-state index contributed by atoms with van der Waals surface area (Å²) in [5, 5.41) is 4.34. The third-order valence-electron chi connectivity index (χ3n) is 2.11. The van der Waals surface area contributed by atoms with Crippen molar-refractivity contribution < 1.29 is 4.74 Å². The first-order chi connectivity index (χ1) is 7.20. The standard InChI is InChI=1S/C11H11BrN2O/c1-8-5-6-14(13-8)10-4-3-9(12)7-11(10)15-2/h3-7H,1-2H3. The van der Waals surface area contributed by atoms with Crippen LogP contribution in [0.25, 0.3) is 5.69 Å². The van der Waals surface area contributed by atoms with E-state index in [9.17, 15) is 0 Å². The highest BCUT2D eigenvalue weighted by Gasteiger charge is 2.06. The highest BCUT2D eigenvalue weighted by Crippen LogP contribution is 2.26. The highest BCUT2D eigenvalue weighted by molar-refractivity contribution is 9.10. The van der Waals surface area contributed by atoms with Crippen molar-refractivity contribution in [1.29, 1.82) is 0 Å². The Kier molecular flexibility index (Phi) is 2.77. The molecule has 0 atom stereocenters. The molecule has 0 aliphatic carbocycles. The summed E-state index contributed by atoms with van der Waals surface area (Å²) < 4.78 is 8.10. The van der Waals surface area contributed by atoms with Gasteiger partial charge in [-0.3, -0.25) is 0 Å². The molecule has 0 N–H and O–H groups in total. The van der Waals surface area contributed by atoms with Crippen LogP contribution in [0.1, 0.15) is 5.69 Å². The Morgan fingerprint density at radius 3 is 2.73 bits per heavy atom. The van der Waals surface area contributed by atoms with Crippen LogP contribution in [-0.4, -0.2) is 16.9 Å². The molecule has 1 aromatic carbocycles. The molecule has 0 amide bonds. The van der Waals surface area contributed by atoms with Gasteiger partial charge in [-0.15, -0.1) is 0 Å². The molecule has 0 radical (unpaired) electrons. The van der Waals surface area contributed by atoms with Crippen LogP contribution in [0.3, 0.4) is 0 Å². The van der Waals surface area contributed by atoms with Crippen molar-refractivity contribution in [3.8, 4) is 11.4 Å². The first kappa shape index (κ1) is 10.2. The van der Waals surface area contributed by atoms with Crippen LogP contribution < -0.4 is 4.74 Å². The van der Waals surface area contributed by atoms with E-state index in [1.807, 2.05) is 37.4 Å². The van der Waals surface area contributed by atoms with E-state index in [2.05, 4.69) is 21.0 Å². The molecule has 0 bridgehead atoms. The zero-order valence-corrected chi connectivity index (χ0v) is 10.2. The van der Waals surface area contributed by atoms with Crippen molar-refractivity contribution in [3.05, 3.63) is 40.6 Å². The van der Waals surface area contributed by atoms with Crippen molar-refractivity contribution in [1.82, 2.24) is 9.78 Å². The minimum Gasteiger partial charge on any atom is -0.494 e. The summed E-state index contributed by atoms with van der Waals surface area (Å²) in [7, 11) is 1.65. The van der Waals surface area contributed by atoms with E-state index in [1.54, 1.807) is 11.8 Å². The number of aromatic nitrogens is 2. The van der Waals surface area contributed by atoms with Gasteiger partial charge < -0.3 is 4.74 Å². The molecule has 15 heavy (non-hydrogen) atoms. The lowest BCUT2D eigenvalue weighted by molar-refractivity contribution is 0.411. The number of hydrogen-bond donors (Lipinski definition) is 0. The predicted molar refractivity (Wildman–Crippen MR) is 62.6 cm³/mol. The van der Waals surface area contributed by atoms with Crippen LogP contribution >= 0.6 is 15.9 Å². The Morgan fingerprint density at radius 1 is 1.33 bits per heavy atom. The Balaban J connectivity index is 2.52. The van der Waals surface area contributed by atoms with E-state index in [-0.39, 0.29) is 0 Å². The molecule has 0 unspecified atom stereocenters. The second-order valence-corrected chi connectivity index (χ2v) is 4.13. The molecule has 2 aromatic rings. The Morgan fingerprint density at radius 2 is 2.13 bits per heavy atom. The number of rotatable bonds is 2. The number of aryl methyl sites for hydroxylation is 1. The second kappa shape index (κ2) is 4.06. The zero-order chi connectivity index (χ0) is 10.8. The average molecular weight is 267 g/mol. The summed E-state index contributed by atoms with van der Waals surface area (Å²) in [6.07, 6.45) is 1.92. The smallest absolute Gasteiger partial charge is 0.145 e. The van der Waals surface area contributed by atoms with Gasteiger partial charge in [0.25, 0.3) is 0 Å². The van der Waals surface area contributed by atoms with Gasteiger partial charge >= 0.3 is 0 Å². The number of halogens is 1. The van der Waals surface area contributed by atoms with Gasteiger partial charge in [0, 0.05) is 10.7 Å². The van der Waals surface area contributed by atoms with Crippen LogP contribution in [0.2, 0.25) is 0 Å². The van der Waals surface area contributed by atoms with E-state index in [0.29, 0.717) is 0 Å². The van der Waals surface area contributed by atoms with Gasteiger partial charge in [0.15, 0.2) is 0 Å². The van der Waals surface area contributed by atoms with Crippen LogP contribution in [0.4, 0.5) is 0 Å². The van der Waals surface area contributed by atoms with Gasteiger partial charge in [-0.25, -0.2) is 4.68 Å². The van der Waals surface area contributed by atoms with Crippen molar-refractivity contribution in [3.63, 3.8) is 0 Å². The van der Waals surface area contributed by atoms with E-state index in [0.717, 1.165) is 21.6 Å². The first-order valence-corrected chi connectivity index (χ1v) is 5.36. The number of hydrogen-bond acceptors (Lipinski definition) is 2. The number of benzene rings is 1. The van der Waals surface area contributed by atoms with E-state index < -0.39 is 0 Å². The Hall–Kier alpha value is -1.29. The van der Waals surface area contributed by atoms with Crippen LogP contribution in [0.5, 0.6) is 5.75 Å². The fourth-order valence-corrected chi connectivity index (χ4v) is 1.73. The summed E-state index contributed by atoms with van der Waals surface area (Å²) in [6.45, 7) is 1.96. The predicted octanol–water partition coefficient (Wildman–Crippen LogP) is 2.95. The molecule has 4 heteroatoms. The third kappa shape index (κ3) is 2.04. The van der Waals surface area contributed by atoms with E-state index in [4.69, 9.17) is 4.74 Å². The molecule has 78 valence electrons. The molecule has 3 nitrogen and oxygen atoms in total. The van der Waals surface area contributed by atoms with Gasteiger partial charge in [0.1, 0.15) is 11.4 Å². The van der Waals surface area contributed by atoms with Gasteiger partial charge in [0.05, 0.1) is 12.8 Å². The minimum atomic E-state index is 0.799. The summed E-state index contributed by atoms with van der Waals surface area (Å²) in [4.78, 5) is 0. The number of methoxy groups -OCH3 is 1. The van der Waals surface area contributed by atoms with Crippen LogP contribution in [0.15, 0.2) is 34.9 Å². The molecule has 0 aliphatic heterocycles. The van der Waals surface area contributed by atoms with Crippen molar-refractivity contribution in [2.45, 2.75) is 6.92 Å². The quantitative estimate of drug-likeness (QED) is 0.836. The molecule has 0 saturated heterocycles. The summed E-state index contributed by atoms with van der Waals surface area (Å²) in [5.74, 6) is 0.799. The molecule has 1 aromatic heterocycles. The molecule has 0 fully saturated rings. The molecular weight excluding hydrogens is 256 g/mol. The molecular formula is C11H11BrN2O. The largest absolute Gasteiger partial charge is 0.494 e. The lowest BCUT2D eigenvalue weighted by Crippen LogP contribution is -1.98. The minimum absolute atomic E-state index is 0.799. The molecule has 0 spiro atoms. The van der Waals surface area contributed by atoms with Crippen molar-refractivity contribution >= 4 is 15.9 Å². The lowest BCUT2D eigenvalue weighted by atomic mass is 10.3. The van der Waals surface area contributed by atoms with Crippen molar-refractivity contribution in [2.75, 3.05) is 7.11 Å². The summed E-state index contributed by atoms with van der Waals surface area (Å²) in [6, 6.07) is 7.82. The maximum absolute atomic E-state index is 5.30. The molecule has 0 saturated carbocycles. The topological polar surface area (TPSA) is 27.1 Å². The molecule has 2 rings (SSSR count). The first-order valence-electron chi connectivity index (χ1n) is 4.57. The lowest BCUT2D eigenvalue weighted by Gasteiger charge is -2.08. The maximum atomic E-state index is 5.30. The van der Waals surface area contributed by atoms with Gasteiger partial charge in [0.2, 0.25) is 0 Å². The SMILES string of the molecule is COc1cc(Br)ccc1-n1ccc(C)n1. The maximum Gasteiger partial charge on any atom is 0.145 e.